The van der Waals surface area contributed by atoms with Gasteiger partial charge in [0.05, 0.1) is 24.4 Å². The number of nitriles is 1. The number of piperazine rings is 1. The molecule has 1 aliphatic heterocycles. The molecule has 1 aromatic heterocycles. The van der Waals surface area contributed by atoms with E-state index in [1.54, 1.807) is 23.2 Å². The van der Waals surface area contributed by atoms with Crippen molar-refractivity contribution in [2.24, 2.45) is 0 Å². The number of ether oxygens (including phenoxy) is 1. The first-order valence-corrected chi connectivity index (χ1v) is 11.3. The summed E-state index contributed by atoms with van der Waals surface area (Å²) in [5.41, 5.74) is 3.06. The molecule has 8 heteroatoms. The SMILES string of the molecule is CC(C)(C)OC(=O)N1CCN(c2ccc(NCc3cnc(-c4ccc(C#N)cc4)o3)cc2)CC1. The van der Waals surface area contributed by atoms with Gasteiger partial charge in [-0.1, -0.05) is 0 Å². The number of oxazole rings is 1. The minimum absolute atomic E-state index is 0.249. The summed E-state index contributed by atoms with van der Waals surface area (Å²) >= 11 is 0. The smallest absolute Gasteiger partial charge is 0.410 e. The largest absolute Gasteiger partial charge is 0.444 e. The molecule has 2 aromatic carbocycles. The minimum atomic E-state index is -0.478. The predicted octanol–water partition coefficient (Wildman–Crippen LogP) is 4.88. The van der Waals surface area contributed by atoms with Crippen molar-refractivity contribution in [1.29, 1.82) is 5.26 Å². The summed E-state index contributed by atoms with van der Waals surface area (Å²) in [6.07, 6.45) is 1.46. The molecule has 1 N–H and O–H groups in total. The number of rotatable bonds is 5. The fourth-order valence-electron chi connectivity index (χ4n) is 3.66. The minimum Gasteiger partial charge on any atom is -0.444 e. The summed E-state index contributed by atoms with van der Waals surface area (Å²) in [5, 5.41) is 12.3. The maximum Gasteiger partial charge on any atom is 0.410 e. The van der Waals surface area contributed by atoms with E-state index in [9.17, 15) is 4.79 Å². The zero-order valence-electron chi connectivity index (χ0n) is 19.7. The van der Waals surface area contributed by atoms with Crippen molar-refractivity contribution in [3.8, 4) is 17.5 Å². The average molecular weight is 460 g/mol. The molecule has 0 spiro atoms. The molecule has 0 aliphatic carbocycles. The van der Waals surface area contributed by atoms with Crippen molar-refractivity contribution >= 4 is 17.5 Å². The van der Waals surface area contributed by atoms with Crippen molar-refractivity contribution in [2.45, 2.75) is 32.9 Å². The summed E-state index contributed by atoms with van der Waals surface area (Å²) in [5.74, 6) is 1.25. The normalized spacial score (nSPS) is 13.9. The molecule has 4 rings (SSSR count). The molecule has 8 nitrogen and oxygen atoms in total. The summed E-state index contributed by atoms with van der Waals surface area (Å²) in [6, 6.07) is 17.5. The van der Waals surface area contributed by atoms with Gasteiger partial charge in [0, 0.05) is 43.1 Å². The molecule has 0 saturated carbocycles. The first-order valence-electron chi connectivity index (χ1n) is 11.3. The Morgan fingerprint density at radius 1 is 1.09 bits per heavy atom. The van der Waals surface area contributed by atoms with Gasteiger partial charge in [-0.3, -0.25) is 0 Å². The van der Waals surface area contributed by atoms with Crippen LogP contribution in [0.1, 0.15) is 32.1 Å². The zero-order valence-corrected chi connectivity index (χ0v) is 19.7. The number of carbonyl (C=O) groups is 1. The van der Waals surface area contributed by atoms with Gasteiger partial charge in [-0.05, 0) is 69.3 Å². The monoisotopic (exact) mass is 459 g/mol. The Morgan fingerprint density at radius 3 is 2.38 bits per heavy atom. The molecule has 3 aromatic rings. The molecule has 2 heterocycles. The van der Waals surface area contributed by atoms with Crippen molar-refractivity contribution in [3.05, 3.63) is 66.1 Å². The van der Waals surface area contributed by atoms with Crippen molar-refractivity contribution in [1.82, 2.24) is 9.88 Å². The lowest BCUT2D eigenvalue weighted by molar-refractivity contribution is 0.0240. The lowest BCUT2D eigenvalue weighted by atomic mass is 10.1. The number of carbonyl (C=O) groups excluding carboxylic acids is 1. The Morgan fingerprint density at radius 2 is 1.76 bits per heavy atom. The molecule has 34 heavy (non-hydrogen) atoms. The molecule has 1 fully saturated rings. The molecule has 176 valence electrons. The van der Waals surface area contributed by atoms with E-state index in [0.717, 1.165) is 35.8 Å². The molecular formula is C26H29N5O3. The molecule has 1 aliphatic rings. The van der Waals surface area contributed by atoms with Crippen LogP contribution in [0.5, 0.6) is 0 Å². The average Bonchev–Trinajstić information content (AvgIpc) is 3.31. The first-order chi connectivity index (χ1) is 16.3. The standard InChI is InChI=1S/C26H29N5O3/c1-26(2,3)34-25(32)31-14-12-30(13-15-31)22-10-8-21(9-11-22)28-17-23-18-29-24(33-23)20-6-4-19(16-27)5-7-20/h4-11,18,28H,12-15,17H2,1-3H3. The number of anilines is 2. The van der Waals surface area contributed by atoms with Crippen molar-refractivity contribution in [3.63, 3.8) is 0 Å². The van der Waals surface area contributed by atoms with Crippen LogP contribution in [0.4, 0.5) is 16.2 Å². The second-order valence-electron chi connectivity index (χ2n) is 9.18. The third-order valence-electron chi connectivity index (χ3n) is 5.45. The highest BCUT2D eigenvalue weighted by Crippen LogP contribution is 2.23. The number of amides is 1. The Hall–Kier alpha value is -3.99. The van der Waals surface area contributed by atoms with Gasteiger partial charge in [-0.25, -0.2) is 9.78 Å². The number of nitrogens with zero attached hydrogens (tertiary/aromatic N) is 4. The second-order valence-corrected chi connectivity index (χ2v) is 9.18. The summed E-state index contributed by atoms with van der Waals surface area (Å²) in [7, 11) is 0. The quantitative estimate of drug-likeness (QED) is 0.581. The van der Waals surface area contributed by atoms with Crippen LogP contribution in [0.3, 0.4) is 0 Å². The van der Waals surface area contributed by atoms with Gasteiger partial charge in [0.25, 0.3) is 0 Å². The van der Waals surface area contributed by atoms with E-state index < -0.39 is 5.60 Å². The molecule has 0 atom stereocenters. The third kappa shape index (κ3) is 5.87. The first kappa shape index (κ1) is 23.2. The van der Waals surface area contributed by atoms with Gasteiger partial charge >= 0.3 is 6.09 Å². The Balaban J connectivity index is 1.27. The number of hydrogen-bond acceptors (Lipinski definition) is 7. The third-order valence-corrected chi connectivity index (χ3v) is 5.45. The van der Waals surface area contributed by atoms with E-state index in [1.807, 2.05) is 45.0 Å². The van der Waals surface area contributed by atoms with Crippen LogP contribution >= 0.6 is 0 Å². The van der Waals surface area contributed by atoms with Gasteiger partial charge in [-0.15, -0.1) is 0 Å². The number of hydrogen-bond donors (Lipinski definition) is 1. The summed E-state index contributed by atoms with van der Waals surface area (Å²) in [6.45, 7) is 8.97. The Bertz CT molecular complexity index is 1150. The van der Waals surface area contributed by atoms with Crippen molar-refractivity contribution in [2.75, 3.05) is 36.4 Å². The maximum atomic E-state index is 12.3. The fourth-order valence-corrected chi connectivity index (χ4v) is 3.66. The molecule has 1 saturated heterocycles. The zero-order chi connectivity index (χ0) is 24.1. The molecule has 0 unspecified atom stereocenters. The summed E-state index contributed by atoms with van der Waals surface area (Å²) < 4.78 is 11.3. The van der Waals surface area contributed by atoms with Gasteiger partial charge in [-0.2, -0.15) is 5.26 Å². The van der Waals surface area contributed by atoms with Crippen LogP contribution in [0.2, 0.25) is 0 Å². The highest BCUT2D eigenvalue weighted by molar-refractivity contribution is 5.68. The predicted molar refractivity (Wildman–Crippen MR) is 130 cm³/mol. The highest BCUT2D eigenvalue weighted by atomic mass is 16.6. The molecular weight excluding hydrogens is 430 g/mol. The maximum absolute atomic E-state index is 12.3. The fraction of sp³-hybridized carbons (Fsp3) is 0.346. The molecule has 1 amide bonds. The van der Waals surface area contributed by atoms with E-state index in [2.05, 4.69) is 33.4 Å². The van der Waals surface area contributed by atoms with Crippen LogP contribution in [0.15, 0.2) is 59.1 Å². The lowest BCUT2D eigenvalue weighted by Crippen LogP contribution is -2.50. The van der Waals surface area contributed by atoms with Crippen LogP contribution in [-0.4, -0.2) is 47.8 Å². The number of benzene rings is 2. The Kier molecular flexibility index (Phi) is 6.73. The van der Waals surface area contributed by atoms with Crippen LogP contribution in [0.25, 0.3) is 11.5 Å². The second kappa shape index (κ2) is 9.87. The van der Waals surface area contributed by atoms with Gasteiger partial charge in [0.1, 0.15) is 11.4 Å². The van der Waals surface area contributed by atoms with E-state index in [-0.39, 0.29) is 6.09 Å². The highest BCUT2D eigenvalue weighted by Gasteiger charge is 2.25. The molecule has 0 bridgehead atoms. The van der Waals surface area contributed by atoms with Gasteiger partial charge in [0.15, 0.2) is 0 Å². The molecule has 0 radical (unpaired) electrons. The topological polar surface area (TPSA) is 94.6 Å². The van der Waals surface area contributed by atoms with Crippen molar-refractivity contribution < 1.29 is 13.9 Å². The van der Waals surface area contributed by atoms with Crippen LogP contribution in [-0.2, 0) is 11.3 Å². The number of aromatic nitrogens is 1. The lowest BCUT2D eigenvalue weighted by Gasteiger charge is -2.36. The summed E-state index contributed by atoms with van der Waals surface area (Å²) in [4.78, 5) is 20.6. The van der Waals surface area contributed by atoms with E-state index in [0.29, 0.717) is 31.1 Å². The van der Waals surface area contributed by atoms with Crippen LogP contribution < -0.4 is 10.2 Å². The van der Waals surface area contributed by atoms with E-state index >= 15 is 0 Å². The van der Waals surface area contributed by atoms with E-state index in [4.69, 9.17) is 14.4 Å². The van der Waals surface area contributed by atoms with E-state index in [1.165, 1.54) is 0 Å². The van der Waals surface area contributed by atoms with Crippen LogP contribution in [0, 0.1) is 11.3 Å². The van der Waals surface area contributed by atoms with Gasteiger partial charge < -0.3 is 24.3 Å². The Labute approximate surface area is 199 Å². The number of nitrogens with one attached hydrogen (secondary N) is 1. The van der Waals surface area contributed by atoms with Gasteiger partial charge in [0.2, 0.25) is 5.89 Å².